The van der Waals surface area contributed by atoms with Crippen LogP contribution in [0.1, 0.15) is 27.2 Å². The number of nitrogens with zero attached hydrogens (tertiary/aromatic N) is 3. The molecule has 0 aliphatic carbocycles. The molecule has 1 heterocycles. The zero-order chi connectivity index (χ0) is 15.1. The highest BCUT2D eigenvalue weighted by Gasteiger charge is 2.11. The van der Waals surface area contributed by atoms with E-state index >= 15 is 0 Å². The average molecular weight is 301 g/mol. The van der Waals surface area contributed by atoms with Gasteiger partial charge in [0.1, 0.15) is 0 Å². The van der Waals surface area contributed by atoms with Crippen LogP contribution in [0.3, 0.4) is 0 Å². The molecule has 0 fully saturated rings. The van der Waals surface area contributed by atoms with E-state index in [1.54, 1.807) is 13.3 Å². The first-order chi connectivity index (χ1) is 9.40. The standard InChI is InChI=1S/C12H23N5O2S/c1-8(2)19-12-16-10(13-4)15-11(17-12)14-9(3)6-7-20(5)18/h8-9H,6-7H2,1-5H3,(H2,13,14,15,16,17). The number of hydrogen-bond donors (Lipinski definition) is 2. The Labute approximate surface area is 122 Å². The molecule has 2 atom stereocenters. The Hall–Kier alpha value is -1.44. The number of nitrogens with one attached hydrogen (secondary N) is 2. The third-order valence-corrected chi connectivity index (χ3v) is 3.20. The Morgan fingerprint density at radius 3 is 2.40 bits per heavy atom. The first kappa shape index (κ1) is 16.6. The fourth-order valence-corrected chi connectivity index (χ4v) is 2.12. The van der Waals surface area contributed by atoms with Crippen LogP contribution in [0.25, 0.3) is 0 Å². The summed E-state index contributed by atoms with van der Waals surface area (Å²) in [6, 6.07) is 0.408. The van der Waals surface area contributed by atoms with Crippen LogP contribution in [0.2, 0.25) is 0 Å². The van der Waals surface area contributed by atoms with Crippen LogP contribution in [0.5, 0.6) is 6.01 Å². The molecule has 7 nitrogen and oxygen atoms in total. The van der Waals surface area contributed by atoms with Gasteiger partial charge in [-0.3, -0.25) is 4.21 Å². The number of aromatic nitrogens is 3. The van der Waals surface area contributed by atoms with Crippen LogP contribution in [-0.2, 0) is 10.8 Å². The van der Waals surface area contributed by atoms with E-state index in [-0.39, 0.29) is 18.2 Å². The maximum Gasteiger partial charge on any atom is 0.323 e. The number of anilines is 2. The van der Waals surface area contributed by atoms with E-state index in [2.05, 4.69) is 25.6 Å². The maximum absolute atomic E-state index is 11.1. The molecule has 1 rings (SSSR count). The van der Waals surface area contributed by atoms with Crippen LogP contribution >= 0.6 is 0 Å². The monoisotopic (exact) mass is 301 g/mol. The summed E-state index contributed by atoms with van der Waals surface area (Å²) in [6.45, 7) is 5.82. The van der Waals surface area contributed by atoms with Crippen molar-refractivity contribution in [2.24, 2.45) is 0 Å². The summed E-state index contributed by atoms with van der Waals surface area (Å²) in [5, 5.41) is 6.04. The summed E-state index contributed by atoms with van der Waals surface area (Å²) in [5.74, 6) is 1.55. The van der Waals surface area contributed by atoms with E-state index < -0.39 is 10.8 Å². The molecule has 0 radical (unpaired) electrons. The third-order valence-electron chi connectivity index (χ3n) is 2.39. The summed E-state index contributed by atoms with van der Waals surface area (Å²) in [4.78, 5) is 12.6. The topological polar surface area (TPSA) is 89.0 Å². The minimum absolute atomic E-state index is 0.00473. The molecule has 0 aliphatic rings. The first-order valence-electron chi connectivity index (χ1n) is 6.57. The van der Waals surface area contributed by atoms with Gasteiger partial charge < -0.3 is 15.4 Å². The van der Waals surface area contributed by atoms with E-state index in [4.69, 9.17) is 4.74 Å². The fraction of sp³-hybridized carbons (Fsp3) is 0.750. The Morgan fingerprint density at radius 2 is 1.85 bits per heavy atom. The molecule has 2 N–H and O–H groups in total. The Morgan fingerprint density at radius 1 is 1.20 bits per heavy atom. The predicted molar refractivity (Wildman–Crippen MR) is 81.8 cm³/mol. The first-order valence-corrected chi connectivity index (χ1v) is 8.30. The van der Waals surface area contributed by atoms with Gasteiger partial charge in [-0.15, -0.1) is 0 Å². The van der Waals surface area contributed by atoms with Crippen molar-refractivity contribution in [1.29, 1.82) is 0 Å². The Balaban J connectivity index is 2.74. The number of ether oxygens (including phenoxy) is 1. The van der Waals surface area contributed by atoms with Crippen molar-refractivity contribution in [3.05, 3.63) is 0 Å². The van der Waals surface area contributed by atoms with Crippen molar-refractivity contribution in [3.8, 4) is 6.01 Å². The van der Waals surface area contributed by atoms with Gasteiger partial charge in [0, 0.05) is 35.9 Å². The summed E-state index contributed by atoms with van der Waals surface area (Å²) < 4.78 is 16.6. The lowest BCUT2D eigenvalue weighted by molar-refractivity contribution is 0.222. The van der Waals surface area contributed by atoms with Crippen LogP contribution < -0.4 is 15.4 Å². The van der Waals surface area contributed by atoms with Gasteiger partial charge in [0.2, 0.25) is 11.9 Å². The summed E-state index contributed by atoms with van der Waals surface area (Å²) in [7, 11) is 0.945. The van der Waals surface area contributed by atoms with E-state index in [0.29, 0.717) is 17.6 Å². The number of rotatable bonds is 8. The maximum atomic E-state index is 11.1. The SMILES string of the molecule is CNc1nc(NC(C)CCS(C)=O)nc(OC(C)C)n1. The highest BCUT2D eigenvalue weighted by atomic mass is 32.2. The lowest BCUT2D eigenvalue weighted by Gasteiger charge is -2.15. The Kier molecular flexibility index (Phi) is 6.63. The van der Waals surface area contributed by atoms with E-state index in [0.717, 1.165) is 6.42 Å². The highest BCUT2D eigenvalue weighted by molar-refractivity contribution is 7.84. The molecule has 0 bridgehead atoms. The van der Waals surface area contributed by atoms with E-state index in [9.17, 15) is 4.21 Å². The van der Waals surface area contributed by atoms with Gasteiger partial charge in [0.15, 0.2) is 0 Å². The molecule has 20 heavy (non-hydrogen) atoms. The average Bonchev–Trinajstić information content (AvgIpc) is 2.35. The minimum atomic E-state index is -0.793. The molecule has 0 aliphatic heterocycles. The van der Waals surface area contributed by atoms with Gasteiger partial charge in [-0.1, -0.05) is 0 Å². The molecular weight excluding hydrogens is 278 g/mol. The molecule has 0 aromatic carbocycles. The van der Waals surface area contributed by atoms with Crippen molar-refractivity contribution in [2.45, 2.75) is 39.3 Å². The smallest absolute Gasteiger partial charge is 0.323 e. The molecular formula is C12H23N5O2S. The lowest BCUT2D eigenvalue weighted by atomic mass is 10.3. The quantitative estimate of drug-likeness (QED) is 0.747. The van der Waals surface area contributed by atoms with Crippen molar-refractivity contribution >= 4 is 22.7 Å². The van der Waals surface area contributed by atoms with Gasteiger partial charge in [0.05, 0.1) is 6.10 Å². The molecule has 1 aromatic heterocycles. The van der Waals surface area contributed by atoms with Crippen molar-refractivity contribution < 1.29 is 8.95 Å². The Bertz CT molecular complexity index is 455. The van der Waals surface area contributed by atoms with Crippen molar-refractivity contribution in [3.63, 3.8) is 0 Å². The van der Waals surface area contributed by atoms with Gasteiger partial charge in [-0.2, -0.15) is 15.0 Å². The molecule has 2 unspecified atom stereocenters. The second-order valence-electron chi connectivity index (χ2n) is 4.79. The van der Waals surface area contributed by atoms with Gasteiger partial charge in [-0.25, -0.2) is 0 Å². The number of hydrogen-bond acceptors (Lipinski definition) is 7. The molecule has 1 aromatic rings. The van der Waals surface area contributed by atoms with Crippen molar-refractivity contribution in [2.75, 3.05) is 29.7 Å². The molecule has 0 saturated heterocycles. The normalized spacial score (nSPS) is 13.9. The van der Waals surface area contributed by atoms with Crippen LogP contribution in [0.4, 0.5) is 11.9 Å². The highest BCUT2D eigenvalue weighted by Crippen LogP contribution is 2.13. The summed E-state index contributed by atoms with van der Waals surface area (Å²) in [5.41, 5.74) is 0. The lowest BCUT2D eigenvalue weighted by Crippen LogP contribution is -2.21. The molecule has 0 spiro atoms. The zero-order valence-electron chi connectivity index (χ0n) is 12.6. The molecule has 0 amide bonds. The minimum Gasteiger partial charge on any atom is -0.461 e. The predicted octanol–water partition coefficient (Wildman–Crippen LogP) is 1.27. The molecule has 8 heteroatoms. The van der Waals surface area contributed by atoms with Gasteiger partial charge in [0.25, 0.3) is 0 Å². The molecule has 0 saturated carbocycles. The third kappa shape index (κ3) is 6.14. The van der Waals surface area contributed by atoms with Crippen LogP contribution in [-0.4, -0.2) is 50.4 Å². The van der Waals surface area contributed by atoms with Crippen molar-refractivity contribution in [1.82, 2.24) is 15.0 Å². The van der Waals surface area contributed by atoms with Gasteiger partial charge in [-0.05, 0) is 27.2 Å². The summed E-state index contributed by atoms with van der Waals surface area (Å²) in [6.07, 6.45) is 2.47. The zero-order valence-corrected chi connectivity index (χ0v) is 13.5. The van der Waals surface area contributed by atoms with Gasteiger partial charge >= 0.3 is 6.01 Å². The second-order valence-corrected chi connectivity index (χ2v) is 6.35. The second kappa shape index (κ2) is 7.98. The summed E-state index contributed by atoms with van der Waals surface area (Å²) >= 11 is 0. The van der Waals surface area contributed by atoms with E-state index in [1.807, 2.05) is 20.8 Å². The van der Waals surface area contributed by atoms with Crippen LogP contribution in [0.15, 0.2) is 0 Å². The largest absolute Gasteiger partial charge is 0.461 e. The fourth-order valence-electron chi connectivity index (χ4n) is 1.43. The van der Waals surface area contributed by atoms with Crippen LogP contribution in [0, 0.1) is 0 Å². The van der Waals surface area contributed by atoms with E-state index in [1.165, 1.54) is 0 Å². The molecule has 114 valence electrons.